The van der Waals surface area contributed by atoms with E-state index in [1.165, 1.54) is 42.4 Å². The molecule has 6 N–H and O–H groups in total. The van der Waals surface area contributed by atoms with Crippen LogP contribution in [0.5, 0.6) is 11.5 Å². The van der Waals surface area contributed by atoms with Crippen molar-refractivity contribution in [3.8, 4) is 33.8 Å². The van der Waals surface area contributed by atoms with Gasteiger partial charge in [-0.15, -0.1) is 0 Å². The third kappa shape index (κ3) is 11.1. The van der Waals surface area contributed by atoms with Crippen LogP contribution in [0.3, 0.4) is 0 Å². The minimum atomic E-state index is -1.29. The number of carbonyl (C=O) groups is 6. The second-order valence-corrected chi connectivity index (χ2v) is 16.7. The summed E-state index contributed by atoms with van der Waals surface area (Å²) in [6, 6.07) is 20.9. The Morgan fingerprint density at radius 2 is 1.52 bits per heavy atom. The summed E-state index contributed by atoms with van der Waals surface area (Å²) >= 11 is 6.06. The molecule has 0 saturated heterocycles. The van der Waals surface area contributed by atoms with Crippen LogP contribution < -0.4 is 11.1 Å². The standard InChI is InChI=1S/C48H51ClN6O8/c1-27(46(61)39-26-51-54-53-39)20-43(59)38-23-29-7-17-40(56)36(22-29)37-24-33(14-18-41(37)57)45(44(60)21-28(2)47(62)52-38)55(3)48(63)34(6-4-5-19-50)25-42(58)32-10-8-30(9-11-32)31-12-15-35(49)16-13-31/h7-18,22,24,26-28,34,38,45,56-57H,4-6,19-21,23,25,50H2,1-3H3,(H,52,62)(H,51,53,54)/t27-,28-,34-,38+,45+/m1/s1. The van der Waals surface area contributed by atoms with E-state index in [1.807, 2.05) is 24.3 Å². The number of amides is 2. The first-order valence-electron chi connectivity index (χ1n) is 20.9. The van der Waals surface area contributed by atoms with E-state index in [2.05, 4.69) is 20.7 Å². The number of fused-ring (bicyclic) bond motifs is 5. The van der Waals surface area contributed by atoms with Gasteiger partial charge in [0.25, 0.3) is 0 Å². The van der Waals surface area contributed by atoms with E-state index in [9.17, 15) is 39.0 Å². The Labute approximate surface area is 370 Å². The van der Waals surface area contributed by atoms with Crippen molar-refractivity contribution in [3.63, 3.8) is 0 Å². The van der Waals surface area contributed by atoms with Crippen LogP contribution in [0.2, 0.25) is 5.02 Å². The van der Waals surface area contributed by atoms with Crippen LogP contribution in [0.4, 0.5) is 0 Å². The molecule has 4 bridgehead atoms. The number of likely N-dealkylation sites (N-methyl/N-ethyl adjacent to an activating group) is 1. The molecule has 15 heteroatoms. The van der Waals surface area contributed by atoms with Crippen molar-refractivity contribution in [1.82, 2.24) is 25.6 Å². The van der Waals surface area contributed by atoms with Crippen LogP contribution in [0.1, 0.15) is 90.4 Å². The molecular weight excluding hydrogens is 824 g/mol. The summed E-state index contributed by atoms with van der Waals surface area (Å²) in [6.07, 6.45) is 1.97. The summed E-state index contributed by atoms with van der Waals surface area (Å²) < 4.78 is 0. The quantitative estimate of drug-likeness (QED) is 0.0541. The smallest absolute Gasteiger partial charge is 0.226 e. The molecule has 2 amide bonds. The lowest BCUT2D eigenvalue weighted by atomic mass is 9.87. The summed E-state index contributed by atoms with van der Waals surface area (Å²) in [5.74, 6) is -5.76. The van der Waals surface area contributed by atoms with Crippen molar-refractivity contribution in [2.45, 2.75) is 70.9 Å². The number of nitrogens with zero attached hydrogens (tertiary/aromatic N) is 3. The third-order valence-corrected chi connectivity index (χ3v) is 11.9. The van der Waals surface area contributed by atoms with Gasteiger partial charge in [0.05, 0.1) is 12.2 Å². The molecule has 0 saturated carbocycles. The Balaban J connectivity index is 1.31. The monoisotopic (exact) mass is 874 g/mol. The molecule has 5 atom stereocenters. The van der Waals surface area contributed by atoms with Gasteiger partial charge in [-0.3, -0.25) is 28.8 Å². The molecule has 63 heavy (non-hydrogen) atoms. The van der Waals surface area contributed by atoms with E-state index in [1.54, 1.807) is 50.2 Å². The first kappa shape index (κ1) is 46.0. The Morgan fingerprint density at radius 3 is 2.17 bits per heavy atom. The number of aromatic hydroxyl groups is 2. The van der Waals surface area contributed by atoms with Gasteiger partial charge in [0.1, 0.15) is 23.2 Å². The number of carbonyl (C=O) groups excluding carboxylic acids is 6. The third-order valence-electron chi connectivity index (χ3n) is 11.6. The zero-order valence-electron chi connectivity index (χ0n) is 35.3. The number of unbranched alkanes of at least 4 members (excludes halogenated alkanes) is 1. The number of Topliss-reactive ketones (excluding diaryl/α,β-unsaturated/α-hetero) is 4. The summed E-state index contributed by atoms with van der Waals surface area (Å²) in [4.78, 5) is 85.1. The number of H-pyrrole nitrogens is 1. The van der Waals surface area contributed by atoms with Gasteiger partial charge in [-0.1, -0.05) is 80.4 Å². The van der Waals surface area contributed by atoms with Crippen molar-refractivity contribution in [1.29, 1.82) is 0 Å². The fourth-order valence-electron chi connectivity index (χ4n) is 8.00. The minimum Gasteiger partial charge on any atom is -0.507 e. The predicted molar refractivity (Wildman–Crippen MR) is 237 cm³/mol. The zero-order chi connectivity index (χ0) is 45.4. The lowest BCUT2D eigenvalue weighted by Crippen LogP contribution is -2.46. The number of halogens is 1. The van der Waals surface area contributed by atoms with Crippen LogP contribution in [-0.2, 0) is 25.6 Å². The average Bonchev–Trinajstić information content (AvgIpc) is 3.82. The fraction of sp³-hybridized carbons (Fsp3) is 0.333. The highest BCUT2D eigenvalue weighted by Gasteiger charge is 2.36. The lowest BCUT2D eigenvalue weighted by molar-refractivity contribution is -0.142. The fourth-order valence-corrected chi connectivity index (χ4v) is 8.12. The van der Waals surface area contributed by atoms with Crippen LogP contribution in [0.25, 0.3) is 22.3 Å². The van der Waals surface area contributed by atoms with Crippen LogP contribution in [-0.4, -0.2) is 85.1 Å². The van der Waals surface area contributed by atoms with Gasteiger partial charge in [-0.05, 0) is 84.5 Å². The number of hydrogen-bond acceptors (Lipinski definition) is 11. The van der Waals surface area contributed by atoms with E-state index >= 15 is 0 Å². The maximum absolute atomic E-state index is 14.7. The molecule has 0 fully saturated rings. The zero-order valence-corrected chi connectivity index (χ0v) is 36.1. The van der Waals surface area contributed by atoms with Crippen molar-refractivity contribution >= 4 is 46.5 Å². The molecule has 4 aromatic carbocycles. The number of phenols is 2. The molecule has 328 valence electrons. The molecule has 0 radical (unpaired) electrons. The van der Waals surface area contributed by atoms with Gasteiger partial charge in [-0.2, -0.15) is 15.4 Å². The number of aromatic nitrogens is 3. The van der Waals surface area contributed by atoms with E-state index < -0.39 is 59.0 Å². The number of ketones is 4. The number of rotatable bonds is 15. The molecule has 1 aliphatic heterocycles. The minimum absolute atomic E-state index is 0.0273. The molecule has 2 heterocycles. The van der Waals surface area contributed by atoms with Gasteiger partial charge in [0, 0.05) is 65.8 Å². The van der Waals surface area contributed by atoms with Crippen LogP contribution >= 0.6 is 11.6 Å². The molecule has 1 aliphatic rings. The van der Waals surface area contributed by atoms with E-state index in [0.717, 1.165) is 11.1 Å². The maximum Gasteiger partial charge on any atom is 0.226 e. The summed E-state index contributed by atoms with van der Waals surface area (Å²) in [5.41, 5.74) is 9.26. The van der Waals surface area contributed by atoms with E-state index in [-0.39, 0.29) is 59.8 Å². The van der Waals surface area contributed by atoms with Crippen molar-refractivity contribution in [2.24, 2.45) is 23.5 Å². The first-order chi connectivity index (χ1) is 30.1. The second kappa shape index (κ2) is 20.6. The summed E-state index contributed by atoms with van der Waals surface area (Å²) in [5, 5.41) is 35.6. The Bertz CT molecular complexity index is 2470. The van der Waals surface area contributed by atoms with Crippen LogP contribution in [0.15, 0.2) is 91.1 Å². The molecule has 0 spiro atoms. The predicted octanol–water partition coefficient (Wildman–Crippen LogP) is 6.84. The number of benzene rings is 4. The molecule has 14 nitrogen and oxygen atoms in total. The Hall–Kier alpha value is -6.51. The lowest BCUT2D eigenvalue weighted by Gasteiger charge is -2.32. The SMILES string of the molecule is C[C@@H]1CC(=O)[C@@H](N(C)C(=O)[C@H](CCCCN)CC(=O)c2ccc(-c3ccc(Cl)cc3)cc2)c2ccc(O)c(c2)-c2cc(ccc2O)C[C@@H](C(=O)C[C@@H](C)C(=O)c2cn[nH]n2)NC1=O. The van der Waals surface area contributed by atoms with Crippen LogP contribution in [0, 0.1) is 17.8 Å². The van der Waals surface area contributed by atoms with E-state index in [0.29, 0.717) is 47.5 Å². The Kier molecular flexibility index (Phi) is 15.0. The summed E-state index contributed by atoms with van der Waals surface area (Å²) in [6.45, 7) is 3.50. The maximum atomic E-state index is 14.7. The first-order valence-corrected chi connectivity index (χ1v) is 21.3. The van der Waals surface area contributed by atoms with Gasteiger partial charge in [0.2, 0.25) is 11.8 Å². The number of phenolic OH excluding ortho intramolecular Hbond substituents is 2. The number of aromatic amines is 1. The van der Waals surface area contributed by atoms with Gasteiger partial charge >= 0.3 is 0 Å². The van der Waals surface area contributed by atoms with Gasteiger partial charge in [0.15, 0.2) is 23.1 Å². The number of nitrogens with two attached hydrogens (primary N) is 1. The van der Waals surface area contributed by atoms with Crippen molar-refractivity contribution < 1.29 is 39.0 Å². The average molecular weight is 875 g/mol. The number of hydrogen-bond donors (Lipinski definition) is 5. The highest BCUT2D eigenvalue weighted by Crippen LogP contribution is 2.40. The Morgan fingerprint density at radius 1 is 0.873 bits per heavy atom. The molecule has 1 aromatic heterocycles. The van der Waals surface area contributed by atoms with Gasteiger partial charge in [-0.25, -0.2) is 0 Å². The normalized spacial score (nSPS) is 17.5. The van der Waals surface area contributed by atoms with Gasteiger partial charge < -0.3 is 26.2 Å². The topological polar surface area (TPSA) is 226 Å². The molecular formula is C48H51ClN6O8. The molecule has 0 unspecified atom stereocenters. The highest BCUT2D eigenvalue weighted by atomic mass is 35.5. The molecule has 0 aliphatic carbocycles. The molecule has 6 rings (SSSR count). The summed E-state index contributed by atoms with van der Waals surface area (Å²) in [7, 11) is 1.47. The highest BCUT2D eigenvalue weighted by molar-refractivity contribution is 6.30. The molecule has 5 aromatic rings. The van der Waals surface area contributed by atoms with Crippen molar-refractivity contribution in [3.05, 3.63) is 119 Å². The van der Waals surface area contributed by atoms with E-state index in [4.69, 9.17) is 17.3 Å². The largest absolute Gasteiger partial charge is 0.507 e. The van der Waals surface area contributed by atoms with Crippen molar-refractivity contribution in [2.75, 3.05) is 13.6 Å². The second-order valence-electron chi connectivity index (χ2n) is 16.3. The number of nitrogens with one attached hydrogen (secondary N) is 2.